The Morgan fingerprint density at radius 2 is 1.39 bits per heavy atom. The third-order valence-corrected chi connectivity index (χ3v) is 6.56. The van der Waals surface area contributed by atoms with Gasteiger partial charge in [0.1, 0.15) is 6.23 Å². The minimum absolute atomic E-state index is 0.445. The van der Waals surface area contributed by atoms with E-state index in [0.29, 0.717) is 12.5 Å². The first-order chi connectivity index (χ1) is 11.2. The van der Waals surface area contributed by atoms with Gasteiger partial charge in [-0.15, -0.1) is 0 Å². The van der Waals surface area contributed by atoms with E-state index in [1.54, 1.807) is 14.2 Å². The first-order valence-electron chi connectivity index (χ1n) is 7.79. The highest BCUT2D eigenvalue weighted by Crippen LogP contribution is 2.19. The molecule has 0 fully saturated rings. The molecule has 0 aliphatic carbocycles. The van der Waals surface area contributed by atoms with Crippen LogP contribution in [0.3, 0.4) is 0 Å². The molecule has 0 saturated carbocycles. The van der Waals surface area contributed by atoms with Gasteiger partial charge in [0.15, 0.2) is 0 Å². The predicted molar refractivity (Wildman–Crippen MR) is 93.9 cm³/mol. The largest absolute Gasteiger partial charge is 0.501 e. The van der Waals surface area contributed by atoms with Crippen LogP contribution in [0.2, 0.25) is 6.04 Å². The van der Waals surface area contributed by atoms with Gasteiger partial charge in [-0.1, -0.05) is 60.7 Å². The van der Waals surface area contributed by atoms with Crippen LogP contribution in [0.4, 0.5) is 0 Å². The summed E-state index contributed by atoms with van der Waals surface area (Å²) in [6.45, 7) is 0. The van der Waals surface area contributed by atoms with Gasteiger partial charge in [-0.05, 0) is 17.5 Å². The standard InChI is InChI=1S/C18H25NO3Si/c1-20-23(21-2,14-13-16-9-5-3-6-10-16)22-18(19)15-17-11-7-4-8-12-17/h3-12,18H,13-15,19H2,1-2H3. The van der Waals surface area contributed by atoms with Gasteiger partial charge in [-0.25, -0.2) is 0 Å². The van der Waals surface area contributed by atoms with Crippen molar-refractivity contribution in [3.8, 4) is 0 Å². The summed E-state index contributed by atoms with van der Waals surface area (Å²) in [6, 6.07) is 21.0. The van der Waals surface area contributed by atoms with E-state index in [0.717, 1.165) is 12.0 Å². The second-order valence-electron chi connectivity index (χ2n) is 5.42. The van der Waals surface area contributed by atoms with Crippen molar-refractivity contribution < 1.29 is 13.3 Å². The molecule has 2 rings (SSSR count). The zero-order valence-electron chi connectivity index (χ0n) is 13.8. The van der Waals surface area contributed by atoms with Crippen LogP contribution < -0.4 is 5.73 Å². The molecule has 2 aromatic carbocycles. The number of nitrogens with two attached hydrogens (primary N) is 1. The van der Waals surface area contributed by atoms with E-state index >= 15 is 0 Å². The minimum Gasteiger partial charge on any atom is -0.377 e. The van der Waals surface area contributed by atoms with Gasteiger partial charge in [-0.3, -0.25) is 0 Å². The van der Waals surface area contributed by atoms with Crippen LogP contribution in [0.1, 0.15) is 11.1 Å². The molecule has 1 unspecified atom stereocenters. The summed E-state index contributed by atoms with van der Waals surface area (Å²) in [5.74, 6) is 0. The van der Waals surface area contributed by atoms with Crippen LogP contribution in [-0.4, -0.2) is 29.3 Å². The second kappa shape index (κ2) is 8.96. The van der Waals surface area contributed by atoms with E-state index in [1.807, 2.05) is 48.5 Å². The summed E-state index contributed by atoms with van der Waals surface area (Å²) in [5, 5.41) is 0. The van der Waals surface area contributed by atoms with Crippen LogP contribution in [0.25, 0.3) is 0 Å². The molecule has 0 saturated heterocycles. The van der Waals surface area contributed by atoms with Crippen LogP contribution in [0.15, 0.2) is 60.7 Å². The van der Waals surface area contributed by atoms with Crippen LogP contribution >= 0.6 is 0 Å². The van der Waals surface area contributed by atoms with Crippen molar-refractivity contribution in [1.82, 2.24) is 0 Å². The van der Waals surface area contributed by atoms with Gasteiger partial charge in [0.25, 0.3) is 0 Å². The van der Waals surface area contributed by atoms with E-state index in [4.69, 9.17) is 19.0 Å². The molecule has 0 aliphatic heterocycles. The highest BCUT2D eigenvalue weighted by molar-refractivity contribution is 6.60. The average Bonchev–Trinajstić information content (AvgIpc) is 2.60. The summed E-state index contributed by atoms with van der Waals surface area (Å²) in [6.07, 6.45) is 1.03. The number of aryl methyl sites for hydroxylation is 1. The smallest absolute Gasteiger partial charge is 0.377 e. The molecule has 5 heteroatoms. The average molecular weight is 331 g/mol. The summed E-state index contributed by atoms with van der Waals surface area (Å²) >= 11 is 0. The van der Waals surface area contributed by atoms with Gasteiger partial charge < -0.3 is 19.0 Å². The summed E-state index contributed by atoms with van der Waals surface area (Å²) in [7, 11) is 0.502. The van der Waals surface area contributed by atoms with Gasteiger partial charge in [-0.2, -0.15) is 0 Å². The van der Waals surface area contributed by atoms with Gasteiger partial charge in [0, 0.05) is 26.7 Å². The van der Waals surface area contributed by atoms with Crippen LogP contribution in [-0.2, 0) is 26.1 Å². The molecule has 0 aliphatic rings. The lowest BCUT2D eigenvalue weighted by atomic mass is 10.1. The third kappa shape index (κ3) is 5.57. The number of hydrogen-bond acceptors (Lipinski definition) is 4. The maximum Gasteiger partial charge on any atom is 0.501 e. The lowest BCUT2D eigenvalue weighted by Crippen LogP contribution is -2.49. The Kier molecular flexibility index (Phi) is 6.95. The van der Waals surface area contributed by atoms with Crippen molar-refractivity contribution in [2.75, 3.05) is 14.2 Å². The van der Waals surface area contributed by atoms with E-state index in [-0.39, 0.29) is 0 Å². The van der Waals surface area contributed by atoms with Crippen molar-refractivity contribution in [1.29, 1.82) is 0 Å². The van der Waals surface area contributed by atoms with E-state index < -0.39 is 15.0 Å². The Morgan fingerprint density at radius 1 is 0.870 bits per heavy atom. The molecule has 0 heterocycles. The van der Waals surface area contributed by atoms with E-state index in [9.17, 15) is 0 Å². The van der Waals surface area contributed by atoms with Crippen LogP contribution in [0, 0.1) is 0 Å². The maximum atomic E-state index is 6.16. The monoisotopic (exact) mass is 331 g/mol. The van der Waals surface area contributed by atoms with Gasteiger partial charge >= 0.3 is 8.80 Å². The Balaban J connectivity index is 1.95. The molecule has 0 spiro atoms. The maximum absolute atomic E-state index is 6.16. The van der Waals surface area contributed by atoms with Crippen LogP contribution in [0.5, 0.6) is 0 Å². The molecule has 0 amide bonds. The summed E-state index contributed by atoms with van der Waals surface area (Å²) < 4.78 is 17.3. The molecular weight excluding hydrogens is 306 g/mol. The van der Waals surface area contributed by atoms with Crippen molar-refractivity contribution in [2.45, 2.75) is 25.1 Å². The lowest BCUT2D eigenvalue weighted by Gasteiger charge is -2.29. The zero-order valence-corrected chi connectivity index (χ0v) is 14.8. The van der Waals surface area contributed by atoms with Crippen molar-refractivity contribution in [3.63, 3.8) is 0 Å². The second-order valence-corrected chi connectivity index (χ2v) is 8.34. The summed E-state index contributed by atoms with van der Waals surface area (Å²) in [4.78, 5) is 0. The number of benzene rings is 2. The first kappa shape index (κ1) is 17.8. The zero-order chi connectivity index (χ0) is 16.5. The normalized spacial score (nSPS) is 13.0. The SMILES string of the molecule is CO[Si](CCc1ccccc1)(OC)OC(N)Cc1ccccc1. The molecule has 4 nitrogen and oxygen atoms in total. The highest BCUT2D eigenvalue weighted by Gasteiger charge is 2.40. The van der Waals surface area contributed by atoms with E-state index in [2.05, 4.69) is 12.1 Å². The first-order valence-corrected chi connectivity index (χ1v) is 9.72. The fourth-order valence-electron chi connectivity index (χ4n) is 2.50. The molecule has 124 valence electrons. The van der Waals surface area contributed by atoms with Gasteiger partial charge in [0.05, 0.1) is 0 Å². The Morgan fingerprint density at radius 3 is 1.91 bits per heavy atom. The third-order valence-electron chi connectivity index (χ3n) is 3.80. The van der Waals surface area contributed by atoms with Crippen molar-refractivity contribution in [2.24, 2.45) is 5.73 Å². The Labute approximate surface area is 139 Å². The fraction of sp³-hybridized carbons (Fsp3) is 0.333. The molecule has 0 bridgehead atoms. The molecule has 0 radical (unpaired) electrons. The Hall–Kier alpha value is -1.50. The highest BCUT2D eigenvalue weighted by atomic mass is 28.4. The molecule has 0 aromatic heterocycles. The number of rotatable bonds is 9. The van der Waals surface area contributed by atoms with Gasteiger partial charge in [0.2, 0.25) is 0 Å². The van der Waals surface area contributed by atoms with Crippen molar-refractivity contribution >= 4 is 8.80 Å². The molecular formula is C18H25NO3Si. The van der Waals surface area contributed by atoms with Crippen molar-refractivity contribution in [3.05, 3.63) is 71.8 Å². The Bertz CT molecular complexity index is 561. The fourth-order valence-corrected chi connectivity index (χ4v) is 4.53. The quantitative estimate of drug-likeness (QED) is 0.567. The molecule has 1 atom stereocenters. The predicted octanol–water partition coefficient (Wildman–Crippen LogP) is 3.00. The summed E-state index contributed by atoms with van der Waals surface area (Å²) in [5.41, 5.74) is 8.54. The lowest BCUT2D eigenvalue weighted by molar-refractivity contribution is 0.0578. The number of hydrogen-bond donors (Lipinski definition) is 1. The molecule has 2 aromatic rings. The molecule has 2 N–H and O–H groups in total. The topological polar surface area (TPSA) is 53.7 Å². The molecule has 23 heavy (non-hydrogen) atoms. The van der Waals surface area contributed by atoms with E-state index in [1.165, 1.54) is 5.56 Å². The minimum atomic E-state index is -2.77.